The van der Waals surface area contributed by atoms with Gasteiger partial charge in [-0.3, -0.25) is 0 Å². The summed E-state index contributed by atoms with van der Waals surface area (Å²) in [6.07, 6.45) is 6.44. The number of hydrogen-bond acceptors (Lipinski definition) is 3. The van der Waals surface area contributed by atoms with Crippen molar-refractivity contribution in [3.63, 3.8) is 0 Å². The van der Waals surface area contributed by atoms with Crippen molar-refractivity contribution in [1.82, 2.24) is 15.3 Å². The fourth-order valence-electron chi connectivity index (χ4n) is 3.09. The Balaban J connectivity index is 1.91. The Labute approximate surface area is 133 Å². The van der Waals surface area contributed by atoms with Gasteiger partial charge < -0.3 is 5.32 Å². The van der Waals surface area contributed by atoms with E-state index >= 15 is 0 Å². The number of nitrogens with one attached hydrogen (secondary N) is 1. The highest BCUT2D eigenvalue weighted by atomic mass is 14.9. The van der Waals surface area contributed by atoms with Crippen molar-refractivity contribution in [2.45, 2.75) is 45.4 Å². The maximum absolute atomic E-state index is 4.92. The van der Waals surface area contributed by atoms with E-state index in [4.69, 9.17) is 9.97 Å². The lowest BCUT2D eigenvalue weighted by Gasteiger charge is -2.13. The number of aryl methyl sites for hydroxylation is 1. The van der Waals surface area contributed by atoms with Gasteiger partial charge in [-0.25, -0.2) is 9.97 Å². The van der Waals surface area contributed by atoms with E-state index in [9.17, 15) is 0 Å². The number of benzene rings is 1. The topological polar surface area (TPSA) is 37.8 Å². The molecule has 0 fully saturated rings. The first-order valence-electron chi connectivity index (χ1n) is 8.49. The van der Waals surface area contributed by atoms with Crippen LogP contribution in [0.5, 0.6) is 0 Å². The van der Waals surface area contributed by atoms with Gasteiger partial charge in [0, 0.05) is 30.8 Å². The molecule has 0 aliphatic carbocycles. The first-order valence-corrected chi connectivity index (χ1v) is 8.49. The molecule has 0 saturated carbocycles. The highest BCUT2D eigenvalue weighted by Crippen LogP contribution is 2.18. The van der Waals surface area contributed by atoms with E-state index in [1.165, 1.54) is 35.4 Å². The Bertz CT molecular complexity index is 608. The lowest BCUT2D eigenvalue weighted by molar-refractivity contribution is 0.706. The molecular formula is C19H25N3. The van der Waals surface area contributed by atoms with Crippen LogP contribution in [0.2, 0.25) is 0 Å². The molecule has 0 spiro atoms. The minimum Gasteiger partial charge on any atom is -0.316 e. The van der Waals surface area contributed by atoms with Crippen LogP contribution in [-0.2, 0) is 25.7 Å². The SMILES string of the molecule is CCCCc1nc(Cc2ccccc2)nc2c1CCNCC2. The Morgan fingerprint density at radius 3 is 2.68 bits per heavy atom. The van der Waals surface area contributed by atoms with Crippen molar-refractivity contribution in [2.75, 3.05) is 13.1 Å². The average Bonchev–Trinajstić information content (AvgIpc) is 2.79. The number of unbranched alkanes of at least 4 members (excludes halogenated alkanes) is 1. The molecule has 0 unspecified atom stereocenters. The summed E-state index contributed by atoms with van der Waals surface area (Å²) in [5, 5.41) is 3.48. The number of fused-ring (bicyclic) bond motifs is 1. The van der Waals surface area contributed by atoms with E-state index in [2.05, 4.69) is 42.6 Å². The Kier molecular flexibility index (Phi) is 5.17. The first kappa shape index (κ1) is 15.2. The molecule has 0 atom stereocenters. The molecule has 0 saturated heterocycles. The summed E-state index contributed by atoms with van der Waals surface area (Å²) in [6.45, 7) is 4.32. The van der Waals surface area contributed by atoms with Crippen molar-refractivity contribution >= 4 is 0 Å². The minimum atomic E-state index is 0.834. The fourth-order valence-corrected chi connectivity index (χ4v) is 3.09. The van der Waals surface area contributed by atoms with Gasteiger partial charge in [0.1, 0.15) is 5.82 Å². The summed E-state index contributed by atoms with van der Waals surface area (Å²) in [7, 11) is 0. The molecule has 0 amide bonds. The summed E-state index contributed by atoms with van der Waals surface area (Å²) >= 11 is 0. The lowest BCUT2D eigenvalue weighted by Crippen LogP contribution is -2.16. The summed E-state index contributed by atoms with van der Waals surface area (Å²) in [5.74, 6) is 0.984. The van der Waals surface area contributed by atoms with Gasteiger partial charge >= 0.3 is 0 Å². The van der Waals surface area contributed by atoms with Crippen molar-refractivity contribution in [2.24, 2.45) is 0 Å². The number of rotatable bonds is 5. The monoisotopic (exact) mass is 295 g/mol. The molecular weight excluding hydrogens is 270 g/mol. The molecule has 3 heteroatoms. The molecule has 2 aromatic rings. The van der Waals surface area contributed by atoms with Gasteiger partial charge in [-0.15, -0.1) is 0 Å². The zero-order valence-electron chi connectivity index (χ0n) is 13.4. The van der Waals surface area contributed by atoms with Crippen LogP contribution in [0.25, 0.3) is 0 Å². The van der Waals surface area contributed by atoms with E-state index in [0.717, 1.165) is 44.6 Å². The van der Waals surface area contributed by atoms with Crippen LogP contribution in [0.3, 0.4) is 0 Å². The largest absolute Gasteiger partial charge is 0.316 e. The van der Waals surface area contributed by atoms with Gasteiger partial charge in [-0.1, -0.05) is 43.7 Å². The van der Waals surface area contributed by atoms with E-state index in [-0.39, 0.29) is 0 Å². The number of hydrogen-bond donors (Lipinski definition) is 1. The second kappa shape index (κ2) is 7.50. The van der Waals surface area contributed by atoms with Crippen LogP contribution in [0.4, 0.5) is 0 Å². The normalized spacial score (nSPS) is 14.4. The molecule has 3 nitrogen and oxygen atoms in total. The van der Waals surface area contributed by atoms with E-state index in [1.807, 2.05) is 0 Å². The molecule has 1 aliphatic heterocycles. The van der Waals surface area contributed by atoms with E-state index in [0.29, 0.717) is 0 Å². The molecule has 1 aliphatic rings. The predicted octanol–water partition coefficient (Wildman–Crippen LogP) is 3.10. The first-order chi connectivity index (χ1) is 10.9. The third kappa shape index (κ3) is 3.72. The maximum atomic E-state index is 4.92. The van der Waals surface area contributed by atoms with Crippen LogP contribution >= 0.6 is 0 Å². The van der Waals surface area contributed by atoms with Crippen LogP contribution in [0.1, 0.15) is 48.1 Å². The molecule has 2 heterocycles. The third-order valence-corrected chi connectivity index (χ3v) is 4.29. The van der Waals surface area contributed by atoms with E-state index < -0.39 is 0 Å². The maximum Gasteiger partial charge on any atom is 0.133 e. The molecule has 3 rings (SSSR count). The van der Waals surface area contributed by atoms with Crippen LogP contribution in [0.15, 0.2) is 30.3 Å². The minimum absolute atomic E-state index is 0.834. The Hall–Kier alpha value is -1.74. The van der Waals surface area contributed by atoms with Crippen molar-refractivity contribution in [3.8, 4) is 0 Å². The van der Waals surface area contributed by atoms with Gasteiger partial charge in [0.2, 0.25) is 0 Å². The zero-order valence-corrected chi connectivity index (χ0v) is 13.4. The van der Waals surface area contributed by atoms with Gasteiger partial charge in [0.05, 0.1) is 0 Å². The second-order valence-corrected chi connectivity index (χ2v) is 6.03. The quantitative estimate of drug-likeness (QED) is 0.921. The Morgan fingerprint density at radius 2 is 1.86 bits per heavy atom. The van der Waals surface area contributed by atoms with Gasteiger partial charge in [-0.2, -0.15) is 0 Å². The zero-order chi connectivity index (χ0) is 15.2. The fraction of sp³-hybridized carbons (Fsp3) is 0.474. The van der Waals surface area contributed by atoms with Crippen LogP contribution in [0, 0.1) is 0 Å². The molecule has 0 radical (unpaired) electrons. The standard InChI is InChI=1S/C19H25N3/c1-2-3-9-17-16-10-12-20-13-11-18(16)22-19(21-17)14-15-7-5-4-6-8-15/h4-8,20H,2-3,9-14H2,1H3. The highest BCUT2D eigenvalue weighted by molar-refractivity contribution is 5.30. The third-order valence-electron chi connectivity index (χ3n) is 4.29. The Morgan fingerprint density at radius 1 is 1.05 bits per heavy atom. The highest BCUT2D eigenvalue weighted by Gasteiger charge is 2.16. The smallest absolute Gasteiger partial charge is 0.133 e. The van der Waals surface area contributed by atoms with E-state index in [1.54, 1.807) is 0 Å². The molecule has 1 N–H and O–H groups in total. The lowest BCUT2D eigenvalue weighted by atomic mass is 10.0. The van der Waals surface area contributed by atoms with Crippen LogP contribution < -0.4 is 5.32 Å². The summed E-state index contributed by atoms with van der Waals surface area (Å²) < 4.78 is 0. The molecule has 116 valence electrons. The summed E-state index contributed by atoms with van der Waals surface area (Å²) in [6, 6.07) is 10.5. The number of aromatic nitrogens is 2. The molecule has 0 bridgehead atoms. The second-order valence-electron chi connectivity index (χ2n) is 6.03. The predicted molar refractivity (Wildman–Crippen MR) is 90.2 cm³/mol. The average molecular weight is 295 g/mol. The van der Waals surface area contributed by atoms with Gasteiger partial charge in [-0.05, 0) is 36.9 Å². The summed E-state index contributed by atoms with van der Waals surface area (Å²) in [4.78, 5) is 9.81. The van der Waals surface area contributed by atoms with Crippen molar-refractivity contribution < 1.29 is 0 Å². The van der Waals surface area contributed by atoms with Crippen molar-refractivity contribution in [3.05, 3.63) is 58.7 Å². The molecule has 22 heavy (non-hydrogen) atoms. The van der Waals surface area contributed by atoms with Gasteiger partial charge in [0.15, 0.2) is 0 Å². The van der Waals surface area contributed by atoms with Crippen LogP contribution in [-0.4, -0.2) is 23.1 Å². The molecule has 1 aromatic carbocycles. The van der Waals surface area contributed by atoms with Crippen molar-refractivity contribution in [1.29, 1.82) is 0 Å². The molecule has 1 aromatic heterocycles. The number of nitrogens with zero attached hydrogens (tertiary/aromatic N) is 2. The van der Waals surface area contributed by atoms with Gasteiger partial charge in [0.25, 0.3) is 0 Å². The summed E-state index contributed by atoms with van der Waals surface area (Å²) in [5.41, 5.74) is 5.27.